The summed E-state index contributed by atoms with van der Waals surface area (Å²) in [4.78, 5) is 31.2. The van der Waals surface area contributed by atoms with Gasteiger partial charge in [0.1, 0.15) is 11.9 Å². The lowest BCUT2D eigenvalue weighted by atomic mass is 10.1. The Balaban J connectivity index is 1.74. The molecule has 1 aliphatic rings. The van der Waals surface area contributed by atoms with Crippen molar-refractivity contribution in [2.24, 2.45) is 5.11 Å². The second kappa shape index (κ2) is 8.36. The minimum absolute atomic E-state index is 0.120. The van der Waals surface area contributed by atoms with Gasteiger partial charge in [0.2, 0.25) is 5.91 Å². The van der Waals surface area contributed by atoms with Crippen LogP contribution >= 0.6 is 0 Å². The van der Waals surface area contributed by atoms with Gasteiger partial charge in [-0.15, -0.1) is 0 Å². The molecule has 144 valence electrons. The molecule has 10 heteroatoms. The quantitative estimate of drug-likeness (QED) is 0.467. The summed E-state index contributed by atoms with van der Waals surface area (Å²) < 4.78 is 19.8. The van der Waals surface area contributed by atoms with Gasteiger partial charge in [0.15, 0.2) is 0 Å². The molecule has 1 atom stereocenters. The van der Waals surface area contributed by atoms with Gasteiger partial charge in [-0.1, -0.05) is 11.2 Å². The highest BCUT2D eigenvalue weighted by Crippen LogP contribution is 2.28. The van der Waals surface area contributed by atoms with E-state index in [-0.39, 0.29) is 25.5 Å². The fraction of sp³-hybridized carbons (Fsp3) is 0.278. The first-order valence-corrected chi connectivity index (χ1v) is 8.46. The molecule has 1 aliphatic heterocycles. The second-order valence-electron chi connectivity index (χ2n) is 6.14. The van der Waals surface area contributed by atoms with E-state index in [1.165, 1.54) is 24.1 Å². The summed E-state index contributed by atoms with van der Waals surface area (Å²) in [5.74, 6) is -0.732. The molecule has 1 saturated heterocycles. The number of nitrogens with zero attached hydrogens (tertiary/aromatic N) is 5. The maximum absolute atomic E-state index is 14.6. The molecule has 2 amide bonds. The van der Waals surface area contributed by atoms with Gasteiger partial charge in [0.25, 0.3) is 0 Å². The van der Waals surface area contributed by atoms with Crippen molar-refractivity contribution < 1.29 is 18.7 Å². The number of ether oxygens (including phenoxy) is 1. The Labute approximate surface area is 159 Å². The van der Waals surface area contributed by atoms with Crippen LogP contribution in [0.25, 0.3) is 21.6 Å². The van der Waals surface area contributed by atoms with Crippen LogP contribution in [0.1, 0.15) is 12.6 Å². The van der Waals surface area contributed by atoms with Crippen LogP contribution in [0.3, 0.4) is 0 Å². The topological polar surface area (TPSA) is 120 Å². The average molecular weight is 384 g/mol. The fourth-order valence-corrected chi connectivity index (χ4v) is 2.78. The first kappa shape index (κ1) is 19.1. The third-order valence-electron chi connectivity index (χ3n) is 4.15. The van der Waals surface area contributed by atoms with Crippen LogP contribution in [-0.4, -0.2) is 36.2 Å². The van der Waals surface area contributed by atoms with Gasteiger partial charge in [0, 0.05) is 34.9 Å². The molecule has 0 spiro atoms. The predicted molar refractivity (Wildman–Crippen MR) is 98.8 cm³/mol. The number of aromatic nitrogens is 1. The van der Waals surface area contributed by atoms with Crippen molar-refractivity contribution in [2.45, 2.75) is 19.6 Å². The van der Waals surface area contributed by atoms with E-state index in [2.05, 4.69) is 20.3 Å². The van der Waals surface area contributed by atoms with E-state index in [1.54, 1.807) is 24.3 Å². The number of carbonyl (C=O) groups is 2. The Morgan fingerprint density at radius 2 is 2.29 bits per heavy atom. The summed E-state index contributed by atoms with van der Waals surface area (Å²) in [6.45, 7) is 1.91. The molecule has 2 aromatic rings. The highest BCUT2D eigenvalue weighted by Gasteiger charge is 2.32. The van der Waals surface area contributed by atoms with Crippen LogP contribution in [0.15, 0.2) is 41.6 Å². The van der Waals surface area contributed by atoms with Crippen molar-refractivity contribution in [1.29, 1.82) is 0 Å². The maximum atomic E-state index is 14.6. The van der Waals surface area contributed by atoms with Crippen LogP contribution in [0, 0.1) is 5.82 Å². The van der Waals surface area contributed by atoms with Crippen molar-refractivity contribution in [1.82, 2.24) is 10.3 Å². The molecule has 1 aromatic heterocycles. The number of amides is 2. The number of anilines is 1. The molecule has 3 rings (SSSR count). The van der Waals surface area contributed by atoms with Crippen molar-refractivity contribution in [3.63, 3.8) is 0 Å². The zero-order valence-electron chi connectivity index (χ0n) is 15.0. The van der Waals surface area contributed by atoms with Crippen molar-refractivity contribution in [3.05, 3.63) is 58.5 Å². The highest BCUT2D eigenvalue weighted by molar-refractivity contribution is 5.90. The highest BCUT2D eigenvalue weighted by atomic mass is 19.1. The lowest BCUT2D eigenvalue weighted by Crippen LogP contribution is -2.33. The molecule has 1 unspecified atom stereocenters. The molecule has 9 nitrogen and oxygen atoms in total. The average Bonchev–Trinajstić information content (AvgIpc) is 3.06. The van der Waals surface area contributed by atoms with Gasteiger partial charge in [0.05, 0.1) is 25.3 Å². The van der Waals surface area contributed by atoms with Gasteiger partial charge >= 0.3 is 6.09 Å². The molecule has 1 aromatic carbocycles. The lowest BCUT2D eigenvalue weighted by molar-refractivity contribution is -0.119. The van der Waals surface area contributed by atoms with Gasteiger partial charge in [-0.05, 0) is 29.8 Å². The number of azide groups is 1. The molecule has 1 fully saturated rings. The molecular formula is C18H17FN6O3. The van der Waals surface area contributed by atoms with Crippen molar-refractivity contribution in [3.8, 4) is 11.1 Å². The number of rotatable bonds is 6. The maximum Gasteiger partial charge on any atom is 0.414 e. The van der Waals surface area contributed by atoms with Crippen LogP contribution in [0.4, 0.5) is 14.9 Å². The lowest BCUT2D eigenvalue weighted by Gasteiger charge is -2.14. The number of halogens is 1. The molecule has 1 N–H and O–H groups in total. The Bertz CT molecular complexity index is 943. The Morgan fingerprint density at radius 3 is 2.93 bits per heavy atom. The number of cyclic esters (lactones) is 1. The zero-order chi connectivity index (χ0) is 20.1. The molecule has 0 bridgehead atoms. The Kier molecular flexibility index (Phi) is 5.71. The van der Waals surface area contributed by atoms with E-state index in [9.17, 15) is 14.0 Å². The number of carbonyl (C=O) groups excluding carboxylic acids is 2. The molecule has 28 heavy (non-hydrogen) atoms. The third-order valence-corrected chi connectivity index (χ3v) is 4.15. The van der Waals surface area contributed by atoms with E-state index in [0.717, 1.165) is 0 Å². The van der Waals surface area contributed by atoms with E-state index in [1.807, 2.05) is 0 Å². The van der Waals surface area contributed by atoms with Crippen molar-refractivity contribution >= 4 is 17.7 Å². The minimum Gasteiger partial charge on any atom is -0.442 e. The summed E-state index contributed by atoms with van der Waals surface area (Å²) in [5, 5.41) is 6.01. The molecule has 0 saturated carbocycles. The summed E-state index contributed by atoms with van der Waals surface area (Å²) in [5.41, 5.74) is 10.1. The molecular weight excluding hydrogens is 367 g/mol. The van der Waals surface area contributed by atoms with E-state index in [4.69, 9.17) is 10.3 Å². The van der Waals surface area contributed by atoms with Gasteiger partial charge in [-0.2, -0.15) is 0 Å². The second-order valence-corrected chi connectivity index (χ2v) is 6.14. The van der Waals surface area contributed by atoms with Gasteiger partial charge in [-0.3, -0.25) is 14.7 Å². The van der Waals surface area contributed by atoms with Gasteiger partial charge in [-0.25, -0.2) is 9.18 Å². The number of hydrogen-bond acceptors (Lipinski definition) is 5. The van der Waals surface area contributed by atoms with Crippen LogP contribution < -0.4 is 10.2 Å². The normalized spacial score (nSPS) is 15.7. The Hall–Kier alpha value is -3.65. The standard InChI is InChI=1S/C18H17FN6O3/c1-11(26)21-9-15-10-25(18(27)28-15)14-4-5-16(17(19)6-14)12-2-3-13(22-7-12)8-23-24-20/h2-7,15H,8-10H2,1H3,(H,21,26). The summed E-state index contributed by atoms with van der Waals surface area (Å²) in [6, 6.07) is 7.77. The molecule has 2 heterocycles. The first-order valence-electron chi connectivity index (χ1n) is 8.46. The monoisotopic (exact) mass is 384 g/mol. The number of nitrogens with one attached hydrogen (secondary N) is 1. The number of hydrogen-bond donors (Lipinski definition) is 1. The summed E-state index contributed by atoms with van der Waals surface area (Å²) in [6.07, 6.45) is 0.409. The fourth-order valence-electron chi connectivity index (χ4n) is 2.78. The first-order chi connectivity index (χ1) is 13.5. The number of benzene rings is 1. The smallest absolute Gasteiger partial charge is 0.414 e. The summed E-state index contributed by atoms with van der Waals surface area (Å²) >= 11 is 0. The zero-order valence-corrected chi connectivity index (χ0v) is 15.0. The van der Waals surface area contributed by atoms with E-state index < -0.39 is 18.0 Å². The third kappa shape index (κ3) is 4.36. The van der Waals surface area contributed by atoms with Crippen LogP contribution in [0.5, 0.6) is 0 Å². The molecule has 0 radical (unpaired) electrons. The van der Waals surface area contributed by atoms with E-state index >= 15 is 0 Å². The Morgan fingerprint density at radius 1 is 1.46 bits per heavy atom. The molecule has 0 aliphatic carbocycles. The largest absolute Gasteiger partial charge is 0.442 e. The minimum atomic E-state index is -0.591. The van der Waals surface area contributed by atoms with Crippen molar-refractivity contribution in [2.75, 3.05) is 18.0 Å². The number of pyridine rings is 1. The van der Waals surface area contributed by atoms with Crippen LogP contribution in [0.2, 0.25) is 0 Å². The van der Waals surface area contributed by atoms with E-state index in [0.29, 0.717) is 22.5 Å². The SMILES string of the molecule is CC(=O)NCC1CN(c2ccc(-c3ccc(CN=[N+]=[N-])nc3)c(F)c2)C(=O)O1. The van der Waals surface area contributed by atoms with Gasteiger partial charge < -0.3 is 10.1 Å². The summed E-state index contributed by atoms with van der Waals surface area (Å²) in [7, 11) is 0. The van der Waals surface area contributed by atoms with Crippen LogP contribution in [-0.2, 0) is 16.1 Å². The predicted octanol–water partition coefficient (Wildman–Crippen LogP) is 3.16.